The molecule has 12 heteroatoms. The van der Waals surface area contributed by atoms with Crippen LogP contribution in [0, 0.1) is 0 Å². The highest BCUT2D eigenvalue weighted by molar-refractivity contribution is 7.99. The van der Waals surface area contributed by atoms with Crippen molar-refractivity contribution in [1.29, 1.82) is 0 Å². The number of halogens is 1. The zero-order valence-electron chi connectivity index (χ0n) is 22.3. The molecule has 9 nitrogen and oxygen atoms in total. The second kappa shape index (κ2) is 13.2. The van der Waals surface area contributed by atoms with Crippen LogP contribution in [0.3, 0.4) is 0 Å². The third-order valence-corrected chi connectivity index (χ3v) is 9.96. The summed E-state index contributed by atoms with van der Waals surface area (Å²) in [6, 6.07) is 10.6. The lowest BCUT2D eigenvalue weighted by atomic mass is 9.90. The highest BCUT2D eigenvalue weighted by Gasteiger charge is 2.27. The fourth-order valence-electron chi connectivity index (χ4n) is 5.05. The fraction of sp³-hybridized carbons (Fsp3) is 0.393. The molecule has 1 aromatic carbocycles. The molecule has 2 N–H and O–H groups in total. The molecule has 0 atom stereocenters. The third kappa shape index (κ3) is 7.25. The van der Waals surface area contributed by atoms with Crippen molar-refractivity contribution in [3.63, 3.8) is 0 Å². The normalized spacial score (nSPS) is 20.4. The number of sulfonamides is 1. The summed E-state index contributed by atoms with van der Waals surface area (Å²) in [6.07, 6.45) is 11.9. The average Bonchev–Trinajstić information content (AvgIpc) is 2.98. The Morgan fingerprint density at radius 3 is 2.45 bits per heavy atom. The van der Waals surface area contributed by atoms with Crippen molar-refractivity contribution in [3.8, 4) is 5.88 Å². The van der Waals surface area contributed by atoms with Gasteiger partial charge in [-0.15, -0.1) is 0 Å². The minimum Gasteiger partial charge on any atom is -0.481 e. The molecular weight excluding hydrogens is 568 g/mol. The molecule has 2 fully saturated rings. The van der Waals surface area contributed by atoms with Gasteiger partial charge in [-0.25, -0.2) is 18.4 Å². The van der Waals surface area contributed by atoms with Crippen LogP contribution in [-0.2, 0) is 10.0 Å². The molecule has 3 heterocycles. The maximum absolute atomic E-state index is 12.7. The Bertz CT molecular complexity index is 1420. The second-order valence-electron chi connectivity index (χ2n) is 9.80. The van der Waals surface area contributed by atoms with Gasteiger partial charge >= 0.3 is 0 Å². The molecule has 0 bridgehead atoms. The number of thioether (sulfide) groups is 1. The summed E-state index contributed by atoms with van der Waals surface area (Å²) in [4.78, 5) is 16.0. The van der Waals surface area contributed by atoms with Crippen LogP contribution in [0.4, 0.5) is 11.8 Å². The van der Waals surface area contributed by atoms with E-state index in [0.717, 1.165) is 24.4 Å². The van der Waals surface area contributed by atoms with E-state index in [1.165, 1.54) is 56.7 Å². The number of ether oxygens (including phenoxy) is 1. The summed E-state index contributed by atoms with van der Waals surface area (Å²) in [7, 11) is -2.42. The number of nitrogens with one attached hydrogen (secondary N) is 2. The van der Waals surface area contributed by atoms with Crippen LogP contribution in [0.5, 0.6) is 5.88 Å². The molecule has 0 amide bonds. The van der Waals surface area contributed by atoms with Crippen LogP contribution in [0.1, 0.15) is 36.8 Å². The lowest BCUT2D eigenvalue weighted by molar-refractivity contribution is 0.166. The van der Waals surface area contributed by atoms with Gasteiger partial charge in [-0.2, -0.15) is 16.7 Å². The summed E-state index contributed by atoms with van der Waals surface area (Å²) >= 11 is 8.12. The van der Waals surface area contributed by atoms with Gasteiger partial charge in [0, 0.05) is 60.2 Å². The Kier molecular flexibility index (Phi) is 9.46. The second-order valence-corrected chi connectivity index (χ2v) is 13.1. The van der Waals surface area contributed by atoms with Crippen molar-refractivity contribution in [1.82, 2.24) is 19.9 Å². The summed E-state index contributed by atoms with van der Waals surface area (Å²) in [5, 5.41) is 3.63. The smallest absolute Gasteiger partial charge is 0.264 e. The van der Waals surface area contributed by atoms with E-state index in [4.69, 9.17) is 16.3 Å². The van der Waals surface area contributed by atoms with Crippen LogP contribution in [-0.4, -0.2) is 72.1 Å². The zero-order chi connectivity index (χ0) is 28.0. The van der Waals surface area contributed by atoms with E-state index in [9.17, 15) is 8.42 Å². The van der Waals surface area contributed by atoms with Crippen molar-refractivity contribution < 1.29 is 13.2 Å². The molecule has 0 unspecified atom stereocenters. The van der Waals surface area contributed by atoms with Crippen LogP contribution >= 0.6 is 23.4 Å². The largest absolute Gasteiger partial charge is 0.481 e. The number of methoxy groups -OCH3 is 1. The van der Waals surface area contributed by atoms with E-state index >= 15 is 0 Å². The van der Waals surface area contributed by atoms with Crippen LogP contribution in [0.15, 0.2) is 53.7 Å². The van der Waals surface area contributed by atoms with Crippen molar-refractivity contribution in [3.05, 3.63) is 64.9 Å². The zero-order valence-corrected chi connectivity index (χ0v) is 24.7. The first-order chi connectivity index (χ1) is 19.4. The molecule has 2 aliphatic rings. The fourth-order valence-corrected chi connectivity index (χ4v) is 7.50. The number of benzene rings is 1. The average molecular weight is 601 g/mol. The Hall–Kier alpha value is -2.86. The standard InChI is InChI=1S/C28H33ClN6O3S2/c1-38-27-21(8-13-26(33-27)34-40(36,37)25-5-3-2-4-24(25)29)7-6-20-18-30-28(31-19-20)32-22-9-11-23(12-10-22)35-14-16-39-17-15-35/h2-8,13,18-19,22-23H,9-12,14-17H2,1H3,(H,33,34)(H,30,31,32)/b7-6+/t22-,23-. The third-order valence-electron chi connectivity index (χ3n) is 7.17. The van der Waals surface area contributed by atoms with Gasteiger partial charge in [0.1, 0.15) is 10.7 Å². The van der Waals surface area contributed by atoms with Gasteiger partial charge in [0.2, 0.25) is 11.8 Å². The summed E-state index contributed by atoms with van der Waals surface area (Å²) in [6.45, 7) is 2.44. The monoisotopic (exact) mass is 600 g/mol. The lowest BCUT2D eigenvalue weighted by Gasteiger charge is -2.38. The van der Waals surface area contributed by atoms with E-state index < -0.39 is 10.0 Å². The van der Waals surface area contributed by atoms with E-state index in [2.05, 4.69) is 41.7 Å². The Balaban J connectivity index is 1.17. The number of hydrogen-bond donors (Lipinski definition) is 2. The van der Waals surface area contributed by atoms with Gasteiger partial charge in [-0.05, 0) is 56.0 Å². The number of nitrogens with zero attached hydrogens (tertiary/aromatic N) is 4. The number of aromatic nitrogens is 3. The first-order valence-corrected chi connectivity index (χ1v) is 16.3. The SMILES string of the molecule is COc1nc(NS(=O)(=O)c2ccccc2Cl)ccc1/C=C/c1cnc(N[C@H]2CC[C@H](N3CCSCC3)CC2)nc1. The molecule has 0 spiro atoms. The Morgan fingerprint density at radius 2 is 1.75 bits per heavy atom. The van der Waals surface area contributed by atoms with Crippen molar-refractivity contribution >= 4 is 57.3 Å². The number of hydrogen-bond acceptors (Lipinski definition) is 9. The molecule has 1 saturated heterocycles. The maximum atomic E-state index is 12.7. The summed E-state index contributed by atoms with van der Waals surface area (Å²) < 4.78 is 33.3. The Labute approximate surface area is 244 Å². The molecule has 1 aliphatic heterocycles. The molecule has 2 aromatic heterocycles. The van der Waals surface area contributed by atoms with E-state index in [0.29, 0.717) is 17.6 Å². The van der Waals surface area contributed by atoms with Crippen molar-refractivity contribution in [2.45, 2.75) is 42.7 Å². The number of anilines is 2. The molecule has 40 heavy (non-hydrogen) atoms. The molecule has 1 aliphatic carbocycles. The Morgan fingerprint density at radius 1 is 1.02 bits per heavy atom. The predicted octanol–water partition coefficient (Wildman–Crippen LogP) is 5.28. The molecule has 212 valence electrons. The van der Waals surface area contributed by atoms with Gasteiger partial charge in [0.05, 0.1) is 12.1 Å². The predicted molar refractivity (Wildman–Crippen MR) is 163 cm³/mol. The van der Waals surface area contributed by atoms with E-state index in [1.54, 1.807) is 36.7 Å². The van der Waals surface area contributed by atoms with E-state index in [-0.39, 0.29) is 21.6 Å². The van der Waals surface area contributed by atoms with Crippen LogP contribution < -0.4 is 14.8 Å². The molecule has 3 aromatic rings. The first-order valence-electron chi connectivity index (χ1n) is 13.3. The molecule has 1 saturated carbocycles. The molecule has 5 rings (SSSR count). The number of rotatable bonds is 9. The minimum atomic E-state index is -3.90. The van der Waals surface area contributed by atoms with Crippen LogP contribution in [0.2, 0.25) is 5.02 Å². The topological polar surface area (TPSA) is 109 Å². The molecular formula is C28H33ClN6O3S2. The quantitative estimate of drug-likeness (QED) is 0.339. The lowest BCUT2D eigenvalue weighted by Crippen LogP contribution is -2.44. The highest BCUT2D eigenvalue weighted by Crippen LogP contribution is 2.28. The van der Waals surface area contributed by atoms with Gasteiger partial charge in [-0.3, -0.25) is 9.62 Å². The van der Waals surface area contributed by atoms with Crippen molar-refractivity contribution in [2.24, 2.45) is 0 Å². The van der Waals surface area contributed by atoms with Gasteiger partial charge in [0.25, 0.3) is 10.0 Å². The number of pyridine rings is 1. The van der Waals surface area contributed by atoms with Gasteiger partial charge in [-0.1, -0.05) is 29.8 Å². The van der Waals surface area contributed by atoms with Gasteiger partial charge < -0.3 is 10.1 Å². The van der Waals surface area contributed by atoms with E-state index in [1.807, 2.05) is 12.2 Å². The summed E-state index contributed by atoms with van der Waals surface area (Å²) in [5.41, 5.74) is 1.50. The van der Waals surface area contributed by atoms with Gasteiger partial charge in [0.15, 0.2) is 0 Å². The highest BCUT2D eigenvalue weighted by atomic mass is 35.5. The summed E-state index contributed by atoms with van der Waals surface area (Å²) in [5.74, 6) is 3.55. The van der Waals surface area contributed by atoms with Crippen LogP contribution in [0.25, 0.3) is 12.2 Å². The molecule has 0 radical (unpaired) electrons. The maximum Gasteiger partial charge on any atom is 0.264 e. The van der Waals surface area contributed by atoms with Crippen molar-refractivity contribution in [2.75, 3.05) is 41.7 Å². The minimum absolute atomic E-state index is 0.0243. The first kappa shape index (κ1) is 28.7.